The van der Waals surface area contributed by atoms with Gasteiger partial charge in [-0.1, -0.05) is 59.7 Å². The van der Waals surface area contributed by atoms with E-state index in [-0.39, 0.29) is 23.5 Å². The molecule has 1 aliphatic rings. The average Bonchev–Trinajstić information content (AvgIpc) is 2.99. The Bertz CT molecular complexity index is 1310. The Hall–Kier alpha value is -3.87. The van der Waals surface area contributed by atoms with E-state index in [1.165, 1.54) is 12.1 Å². The van der Waals surface area contributed by atoms with Crippen molar-refractivity contribution in [3.63, 3.8) is 0 Å². The molecule has 2 amide bonds. The molecule has 0 bridgehead atoms. The van der Waals surface area contributed by atoms with Crippen molar-refractivity contribution >= 4 is 23.1 Å². The SMILES string of the molecule is Cc1ccc(CN2C(=O)C(Nc3cccc(C(F)(F)F)c3)=C(c3ccc(C)cc3C)C2=O)cc1. The topological polar surface area (TPSA) is 49.4 Å². The predicted octanol–water partition coefficient (Wildman–Crippen LogP) is 6.02. The molecule has 0 fully saturated rings. The highest BCUT2D eigenvalue weighted by Gasteiger charge is 2.40. The van der Waals surface area contributed by atoms with Gasteiger partial charge in [-0.2, -0.15) is 13.2 Å². The van der Waals surface area contributed by atoms with Gasteiger partial charge in [-0.3, -0.25) is 14.5 Å². The highest BCUT2D eigenvalue weighted by Crippen LogP contribution is 2.35. The molecule has 1 heterocycles. The van der Waals surface area contributed by atoms with Crippen molar-refractivity contribution in [2.45, 2.75) is 33.5 Å². The summed E-state index contributed by atoms with van der Waals surface area (Å²) in [5.74, 6) is -1.08. The lowest BCUT2D eigenvalue weighted by atomic mass is 9.97. The number of amides is 2. The normalized spacial score (nSPS) is 14.2. The third kappa shape index (κ3) is 4.59. The summed E-state index contributed by atoms with van der Waals surface area (Å²) in [6.07, 6.45) is -4.53. The third-order valence-electron chi connectivity index (χ3n) is 5.74. The number of carbonyl (C=O) groups excluding carboxylic acids is 2. The molecule has 3 aromatic carbocycles. The summed E-state index contributed by atoms with van der Waals surface area (Å²) in [4.78, 5) is 28.0. The van der Waals surface area contributed by atoms with Gasteiger partial charge in [0.25, 0.3) is 11.8 Å². The number of halogens is 3. The van der Waals surface area contributed by atoms with Crippen LogP contribution >= 0.6 is 0 Å². The maximum Gasteiger partial charge on any atom is 0.416 e. The van der Waals surface area contributed by atoms with E-state index in [4.69, 9.17) is 0 Å². The molecule has 4 nitrogen and oxygen atoms in total. The van der Waals surface area contributed by atoms with Crippen LogP contribution in [0.5, 0.6) is 0 Å². The van der Waals surface area contributed by atoms with Gasteiger partial charge in [-0.15, -0.1) is 0 Å². The minimum absolute atomic E-state index is 0.0385. The van der Waals surface area contributed by atoms with Gasteiger partial charge in [0.2, 0.25) is 0 Å². The van der Waals surface area contributed by atoms with Gasteiger partial charge in [0.1, 0.15) is 5.70 Å². The minimum atomic E-state index is -4.53. The number of nitrogens with zero attached hydrogens (tertiary/aromatic N) is 1. The molecule has 4 rings (SSSR count). The van der Waals surface area contributed by atoms with Crippen LogP contribution in [0.2, 0.25) is 0 Å². The molecular weight excluding hydrogens is 441 g/mol. The molecule has 0 spiro atoms. The van der Waals surface area contributed by atoms with Crippen molar-refractivity contribution in [3.05, 3.63) is 106 Å². The Kier molecular flexibility index (Phi) is 6.04. The molecule has 174 valence electrons. The smallest absolute Gasteiger partial charge is 0.350 e. The highest BCUT2D eigenvalue weighted by atomic mass is 19.4. The second-order valence-electron chi connectivity index (χ2n) is 8.45. The van der Waals surface area contributed by atoms with E-state index in [1.807, 2.05) is 57.2 Å². The summed E-state index contributed by atoms with van der Waals surface area (Å²) in [5.41, 5.74) is 3.49. The molecule has 0 aliphatic carbocycles. The number of hydrogen-bond donors (Lipinski definition) is 1. The van der Waals surface area contributed by atoms with Crippen molar-refractivity contribution in [1.29, 1.82) is 0 Å². The average molecular weight is 464 g/mol. The first-order chi connectivity index (χ1) is 16.0. The summed E-state index contributed by atoms with van der Waals surface area (Å²) in [6, 6.07) is 17.5. The predicted molar refractivity (Wildman–Crippen MR) is 125 cm³/mol. The van der Waals surface area contributed by atoms with E-state index in [0.717, 1.165) is 39.3 Å². The van der Waals surface area contributed by atoms with E-state index in [9.17, 15) is 22.8 Å². The van der Waals surface area contributed by atoms with Gasteiger partial charge in [-0.05, 0) is 55.7 Å². The summed E-state index contributed by atoms with van der Waals surface area (Å²) in [7, 11) is 0. The number of aryl methyl sites for hydroxylation is 3. The molecule has 0 radical (unpaired) electrons. The van der Waals surface area contributed by atoms with Crippen LogP contribution in [0.25, 0.3) is 5.57 Å². The van der Waals surface area contributed by atoms with Crippen molar-refractivity contribution in [2.75, 3.05) is 5.32 Å². The molecule has 0 atom stereocenters. The minimum Gasteiger partial charge on any atom is -0.350 e. The highest BCUT2D eigenvalue weighted by molar-refractivity contribution is 6.36. The van der Waals surface area contributed by atoms with Gasteiger partial charge in [0, 0.05) is 5.69 Å². The Balaban J connectivity index is 1.78. The number of hydrogen-bond acceptors (Lipinski definition) is 3. The van der Waals surface area contributed by atoms with Crippen LogP contribution in [0.4, 0.5) is 18.9 Å². The standard InChI is InChI=1S/C27H23F3N2O2/c1-16-7-10-19(11-8-16)15-32-25(33)23(22-12-9-17(2)13-18(22)3)24(26(32)34)31-21-6-4-5-20(14-21)27(28,29)30/h4-14,31H,15H2,1-3H3. The zero-order chi connectivity index (χ0) is 24.6. The van der Waals surface area contributed by atoms with Crippen LogP contribution < -0.4 is 5.32 Å². The summed E-state index contributed by atoms with van der Waals surface area (Å²) in [5, 5.41) is 2.82. The summed E-state index contributed by atoms with van der Waals surface area (Å²) in [6.45, 7) is 5.74. The number of anilines is 1. The number of nitrogens with one attached hydrogen (secondary N) is 1. The fourth-order valence-electron chi connectivity index (χ4n) is 3.97. The number of imide groups is 1. The Morgan fingerprint density at radius 2 is 1.50 bits per heavy atom. The van der Waals surface area contributed by atoms with E-state index in [2.05, 4.69) is 5.32 Å². The first-order valence-electron chi connectivity index (χ1n) is 10.7. The Labute approximate surface area is 195 Å². The lowest BCUT2D eigenvalue weighted by Crippen LogP contribution is -2.32. The van der Waals surface area contributed by atoms with E-state index < -0.39 is 23.6 Å². The maximum absolute atomic E-state index is 13.5. The second-order valence-corrected chi connectivity index (χ2v) is 8.45. The molecule has 34 heavy (non-hydrogen) atoms. The Morgan fingerprint density at radius 1 is 0.824 bits per heavy atom. The van der Waals surface area contributed by atoms with Gasteiger partial charge in [-0.25, -0.2) is 0 Å². The fourth-order valence-corrected chi connectivity index (χ4v) is 3.97. The monoisotopic (exact) mass is 464 g/mol. The van der Waals surface area contributed by atoms with Crippen molar-refractivity contribution in [1.82, 2.24) is 4.90 Å². The maximum atomic E-state index is 13.5. The van der Waals surface area contributed by atoms with E-state index >= 15 is 0 Å². The summed E-state index contributed by atoms with van der Waals surface area (Å²) >= 11 is 0. The molecule has 3 aromatic rings. The van der Waals surface area contributed by atoms with Crippen LogP contribution in [-0.4, -0.2) is 16.7 Å². The molecular formula is C27H23F3N2O2. The Morgan fingerprint density at radius 3 is 2.15 bits per heavy atom. The van der Waals surface area contributed by atoms with Crippen LogP contribution in [0.3, 0.4) is 0 Å². The number of alkyl halides is 3. The lowest BCUT2D eigenvalue weighted by Gasteiger charge is -2.16. The zero-order valence-corrected chi connectivity index (χ0v) is 19.0. The first kappa shape index (κ1) is 23.3. The van der Waals surface area contributed by atoms with Gasteiger partial charge in [0.15, 0.2) is 0 Å². The van der Waals surface area contributed by atoms with Crippen LogP contribution in [0.1, 0.15) is 33.4 Å². The molecule has 0 aromatic heterocycles. The molecule has 7 heteroatoms. The fraction of sp³-hybridized carbons (Fsp3) is 0.185. The van der Waals surface area contributed by atoms with Crippen LogP contribution in [0, 0.1) is 20.8 Å². The number of carbonyl (C=O) groups is 2. The van der Waals surface area contributed by atoms with Gasteiger partial charge >= 0.3 is 6.18 Å². The first-order valence-corrected chi connectivity index (χ1v) is 10.7. The lowest BCUT2D eigenvalue weighted by molar-refractivity contribution is -0.138. The quantitative estimate of drug-likeness (QED) is 0.470. The van der Waals surface area contributed by atoms with Crippen LogP contribution in [0.15, 0.2) is 72.4 Å². The molecule has 1 aliphatic heterocycles. The number of benzene rings is 3. The van der Waals surface area contributed by atoms with Crippen LogP contribution in [-0.2, 0) is 22.3 Å². The largest absolute Gasteiger partial charge is 0.416 e. The molecule has 1 N–H and O–H groups in total. The second kappa shape index (κ2) is 8.82. The molecule has 0 unspecified atom stereocenters. The number of rotatable bonds is 5. The van der Waals surface area contributed by atoms with Gasteiger partial charge < -0.3 is 5.32 Å². The van der Waals surface area contributed by atoms with E-state index in [0.29, 0.717) is 5.56 Å². The van der Waals surface area contributed by atoms with Gasteiger partial charge in [0.05, 0.1) is 17.7 Å². The van der Waals surface area contributed by atoms with Crippen molar-refractivity contribution in [3.8, 4) is 0 Å². The van der Waals surface area contributed by atoms with E-state index in [1.54, 1.807) is 6.07 Å². The zero-order valence-electron chi connectivity index (χ0n) is 19.0. The summed E-state index contributed by atoms with van der Waals surface area (Å²) < 4.78 is 39.6. The molecule has 0 saturated heterocycles. The third-order valence-corrected chi connectivity index (χ3v) is 5.74. The molecule has 0 saturated carbocycles. The van der Waals surface area contributed by atoms with Crippen molar-refractivity contribution < 1.29 is 22.8 Å². The van der Waals surface area contributed by atoms with Crippen molar-refractivity contribution in [2.24, 2.45) is 0 Å².